The van der Waals surface area contributed by atoms with Gasteiger partial charge in [-0.05, 0) is 17.5 Å². The van der Waals surface area contributed by atoms with Crippen LogP contribution in [-0.2, 0) is 11.2 Å². The Morgan fingerprint density at radius 2 is 1.62 bits per heavy atom. The molecule has 0 radical (unpaired) electrons. The number of rotatable bonds is 8. The number of amides is 1. The fourth-order valence-corrected chi connectivity index (χ4v) is 3.71. The molecule has 134 valence electrons. The molecule has 0 unspecified atom stereocenters. The number of carbonyl (C=O) groups excluding carboxylic acids is 1. The molecule has 0 atom stereocenters. The summed E-state index contributed by atoms with van der Waals surface area (Å²) in [4.78, 5) is 12.6. The third-order valence-electron chi connectivity index (χ3n) is 4.03. The Morgan fingerprint density at radius 1 is 1.00 bits per heavy atom. The van der Waals surface area contributed by atoms with Crippen LogP contribution in [0.2, 0.25) is 0 Å². The molecular weight excluding hydrogens is 366 g/mol. The third-order valence-corrected chi connectivity index (χ3v) is 5.20. The highest BCUT2D eigenvalue weighted by atomic mass is 35.5. The molecule has 3 aromatic rings. The summed E-state index contributed by atoms with van der Waals surface area (Å²) in [5, 5.41) is 12.5. The van der Waals surface area contributed by atoms with Crippen molar-refractivity contribution in [1.29, 1.82) is 0 Å². The highest BCUT2D eigenvalue weighted by molar-refractivity contribution is 7.15. The lowest BCUT2D eigenvalue weighted by Crippen LogP contribution is -2.16. The Balaban J connectivity index is 1.70. The average Bonchev–Trinajstić information content (AvgIpc) is 3.13. The summed E-state index contributed by atoms with van der Waals surface area (Å²) in [6.45, 7) is 0. The molecule has 26 heavy (non-hydrogen) atoms. The van der Waals surface area contributed by atoms with E-state index in [1.165, 1.54) is 11.3 Å². The Hall–Kier alpha value is -2.24. The Kier molecular flexibility index (Phi) is 6.75. The fourth-order valence-electron chi connectivity index (χ4n) is 2.78. The number of nitrogens with one attached hydrogen (secondary N) is 1. The summed E-state index contributed by atoms with van der Waals surface area (Å²) >= 11 is 7.11. The van der Waals surface area contributed by atoms with Crippen molar-refractivity contribution < 1.29 is 4.79 Å². The van der Waals surface area contributed by atoms with E-state index in [0.717, 1.165) is 29.0 Å². The molecule has 2 aromatic carbocycles. The summed E-state index contributed by atoms with van der Waals surface area (Å²) in [6, 6.07) is 20.2. The van der Waals surface area contributed by atoms with E-state index >= 15 is 0 Å². The van der Waals surface area contributed by atoms with Gasteiger partial charge in [-0.15, -0.1) is 21.8 Å². The number of aromatic nitrogens is 2. The molecule has 1 amide bonds. The number of halogens is 1. The zero-order valence-corrected chi connectivity index (χ0v) is 15.8. The van der Waals surface area contributed by atoms with Crippen LogP contribution in [0.15, 0.2) is 60.7 Å². The highest BCUT2D eigenvalue weighted by Crippen LogP contribution is 2.28. The van der Waals surface area contributed by atoms with Gasteiger partial charge in [-0.2, -0.15) is 0 Å². The van der Waals surface area contributed by atoms with Crippen molar-refractivity contribution in [2.24, 2.45) is 0 Å². The molecule has 0 aliphatic rings. The standard InChI is InChI=1S/C20H20ClN3OS/c21-13-7-12-19-23-24-20(26-19)22-18(25)14-17(15-8-3-1-4-9-15)16-10-5-2-6-11-16/h1-6,8-11,17H,7,12-14H2,(H,22,24,25). The number of aryl methyl sites for hydroxylation is 1. The predicted molar refractivity (Wildman–Crippen MR) is 107 cm³/mol. The topological polar surface area (TPSA) is 54.9 Å². The second-order valence-electron chi connectivity index (χ2n) is 5.92. The normalized spacial score (nSPS) is 10.8. The number of carbonyl (C=O) groups is 1. The zero-order valence-electron chi connectivity index (χ0n) is 14.3. The van der Waals surface area contributed by atoms with Crippen LogP contribution in [0.3, 0.4) is 0 Å². The molecule has 0 spiro atoms. The van der Waals surface area contributed by atoms with E-state index in [1.54, 1.807) is 0 Å². The van der Waals surface area contributed by atoms with Crippen LogP contribution < -0.4 is 5.32 Å². The fraction of sp³-hybridized carbons (Fsp3) is 0.250. The lowest BCUT2D eigenvalue weighted by Gasteiger charge is -2.17. The van der Waals surface area contributed by atoms with Gasteiger partial charge in [0.15, 0.2) is 0 Å². The predicted octanol–water partition coefficient (Wildman–Crippen LogP) is 4.87. The SMILES string of the molecule is O=C(CC(c1ccccc1)c1ccccc1)Nc1nnc(CCCCl)s1. The van der Waals surface area contributed by atoms with E-state index in [9.17, 15) is 4.79 Å². The minimum absolute atomic E-state index is 0.000963. The van der Waals surface area contributed by atoms with E-state index in [2.05, 4.69) is 39.8 Å². The first-order valence-electron chi connectivity index (χ1n) is 8.54. The van der Waals surface area contributed by atoms with Gasteiger partial charge in [-0.1, -0.05) is 72.0 Å². The van der Waals surface area contributed by atoms with Gasteiger partial charge in [0.2, 0.25) is 11.0 Å². The van der Waals surface area contributed by atoms with Crippen molar-refractivity contribution in [1.82, 2.24) is 10.2 Å². The van der Waals surface area contributed by atoms with E-state index in [0.29, 0.717) is 17.4 Å². The van der Waals surface area contributed by atoms with Crippen molar-refractivity contribution in [2.45, 2.75) is 25.2 Å². The second kappa shape index (κ2) is 9.46. The molecule has 4 nitrogen and oxygen atoms in total. The number of benzene rings is 2. The summed E-state index contributed by atoms with van der Waals surface area (Å²) in [5.41, 5.74) is 2.24. The summed E-state index contributed by atoms with van der Waals surface area (Å²) in [6.07, 6.45) is 1.99. The monoisotopic (exact) mass is 385 g/mol. The molecule has 0 saturated heterocycles. The smallest absolute Gasteiger partial charge is 0.227 e. The van der Waals surface area contributed by atoms with Crippen molar-refractivity contribution in [3.05, 3.63) is 76.8 Å². The molecule has 6 heteroatoms. The van der Waals surface area contributed by atoms with Gasteiger partial charge in [0.25, 0.3) is 0 Å². The van der Waals surface area contributed by atoms with Crippen molar-refractivity contribution in [3.8, 4) is 0 Å². The summed E-state index contributed by atoms with van der Waals surface area (Å²) < 4.78 is 0. The molecule has 1 aromatic heterocycles. The maximum atomic E-state index is 12.6. The van der Waals surface area contributed by atoms with Crippen LogP contribution in [0, 0.1) is 0 Å². The molecule has 3 rings (SSSR count). The van der Waals surface area contributed by atoms with Gasteiger partial charge >= 0.3 is 0 Å². The van der Waals surface area contributed by atoms with Crippen LogP contribution in [0.5, 0.6) is 0 Å². The second-order valence-corrected chi connectivity index (χ2v) is 7.36. The first-order valence-corrected chi connectivity index (χ1v) is 9.89. The maximum absolute atomic E-state index is 12.6. The first-order chi connectivity index (χ1) is 12.8. The lowest BCUT2D eigenvalue weighted by molar-refractivity contribution is -0.116. The van der Waals surface area contributed by atoms with Crippen molar-refractivity contribution >= 4 is 34.0 Å². The number of hydrogen-bond acceptors (Lipinski definition) is 4. The van der Waals surface area contributed by atoms with Crippen LogP contribution in [0.25, 0.3) is 0 Å². The van der Waals surface area contributed by atoms with Gasteiger partial charge in [0.05, 0.1) is 0 Å². The summed E-state index contributed by atoms with van der Waals surface area (Å²) in [5.74, 6) is 0.528. The van der Waals surface area contributed by atoms with Crippen LogP contribution in [0.1, 0.15) is 34.9 Å². The van der Waals surface area contributed by atoms with Crippen molar-refractivity contribution in [3.63, 3.8) is 0 Å². The minimum atomic E-state index is -0.0669. The summed E-state index contributed by atoms with van der Waals surface area (Å²) in [7, 11) is 0. The van der Waals surface area contributed by atoms with E-state index in [-0.39, 0.29) is 11.8 Å². The molecule has 0 aliphatic carbocycles. The molecule has 1 heterocycles. The third kappa shape index (κ3) is 5.13. The molecule has 0 saturated carbocycles. The molecule has 0 bridgehead atoms. The lowest BCUT2D eigenvalue weighted by atomic mass is 9.88. The maximum Gasteiger partial charge on any atom is 0.227 e. The van der Waals surface area contributed by atoms with Gasteiger partial charge in [0, 0.05) is 24.6 Å². The number of anilines is 1. The molecule has 0 aliphatic heterocycles. The van der Waals surface area contributed by atoms with Gasteiger partial charge in [0.1, 0.15) is 5.01 Å². The molecule has 0 fully saturated rings. The van der Waals surface area contributed by atoms with E-state index in [4.69, 9.17) is 11.6 Å². The van der Waals surface area contributed by atoms with Crippen LogP contribution >= 0.6 is 22.9 Å². The minimum Gasteiger partial charge on any atom is -0.300 e. The Labute approximate surface area is 162 Å². The van der Waals surface area contributed by atoms with Gasteiger partial charge in [-0.25, -0.2) is 0 Å². The van der Waals surface area contributed by atoms with Gasteiger partial charge < -0.3 is 5.32 Å². The van der Waals surface area contributed by atoms with E-state index in [1.807, 2.05) is 36.4 Å². The quantitative estimate of drug-likeness (QED) is 0.563. The van der Waals surface area contributed by atoms with Crippen molar-refractivity contribution in [2.75, 3.05) is 11.2 Å². The number of hydrogen-bond donors (Lipinski definition) is 1. The van der Waals surface area contributed by atoms with Crippen LogP contribution in [-0.4, -0.2) is 22.0 Å². The average molecular weight is 386 g/mol. The largest absolute Gasteiger partial charge is 0.300 e. The first kappa shape index (κ1) is 18.5. The highest BCUT2D eigenvalue weighted by Gasteiger charge is 2.19. The Morgan fingerprint density at radius 3 is 2.19 bits per heavy atom. The van der Waals surface area contributed by atoms with E-state index < -0.39 is 0 Å². The van der Waals surface area contributed by atoms with Crippen LogP contribution in [0.4, 0.5) is 5.13 Å². The number of nitrogens with zero attached hydrogens (tertiary/aromatic N) is 2. The Bertz CT molecular complexity index is 784. The molecule has 1 N–H and O–H groups in total. The number of alkyl halides is 1. The van der Waals surface area contributed by atoms with Gasteiger partial charge in [-0.3, -0.25) is 4.79 Å². The molecular formula is C20H20ClN3OS. The zero-order chi connectivity index (χ0) is 18.2.